The highest BCUT2D eigenvalue weighted by molar-refractivity contribution is 5.68. The standard InChI is InChI=1S/C12H14O2/c1-14-12-4-2-3-9(8-12)10-5-6-11(13)7-10/h2-4,7-8,11,13H,5-6H2,1H3. The van der Waals surface area contributed by atoms with E-state index >= 15 is 0 Å². The summed E-state index contributed by atoms with van der Waals surface area (Å²) < 4.78 is 5.15. The molecule has 1 N–H and O–H groups in total. The van der Waals surface area contributed by atoms with Gasteiger partial charge < -0.3 is 9.84 Å². The molecule has 74 valence electrons. The zero-order chi connectivity index (χ0) is 9.97. The fraction of sp³-hybridized carbons (Fsp3) is 0.333. The Labute approximate surface area is 83.8 Å². The van der Waals surface area contributed by atoms with Crippen molar-refractivity contribution in [2.75, 3.05) is 7.11 Å². The van der Waals surface area contributed by atoms with Crippen LogP contribution in [0.1, 0.15) is 18.4 Å². The van der Waals surface area contributed by atoms with Crippen LogP contribution in [0.5, 0.6) is 5.75 Å². The maximum Gasteiger partial charge on any atom is 0.119 e. The third kappa shape index (κ3) is 1.80. The molecular weight excluding hydrogens is 176 g/mol. The number of ether oxygens (including phenoxy) is 1. The highest BCUT2D eigenvalue weighted by atomic mass is 16.5. The van der Waals surface area contributed by atoms with Crippen molar-refractivity contribution in [3.05, 3.63) is 35.9 Å². The third-order valence-corrected chi connectivity index (χ3v) is 2.54. The van der Waals surface area contributed by atoms with Gasteiger partial charge in [0.25, 0.3) is 0 Å². The van der Waals surface area contributed by atoms with E-state index in [0.29, 0.717) is 0 Å². The van der Waals surface area contributed by atoms with E-state index in [0.717, 1.165) is 24.2 Å². The summed E-state index contributed by atoms with van der Waals surface area (Å²) in [6.07, 6.45) is 3.45. The van der Waals surface area contributed by atoms with Crippen molar-refractivity contribution in [1.29, 1.82) is 0 Å². The Balaban J connectivity index is 2.28. The Kier molecular flexibility index (Phi) is 2.55. The van der Waals surface area contributed by atoms with Crippen LogP contribution in [-0.4, -0.2) is 18.3 Å². The lowest BCUT2D eigenvalue weighted by Gasteiger charge is -2.04. The number of hydrogen-bond donors (Lipinski definition) is 1. The molecule has 1 aliphatic carbocycles. The van der Waals surface area contributed by atoms with Crippen LogP contribution in [0.15, 0.2) is 30.3 Å². The Bertz CT molecular complexity index is 355. The van der Waals surface area contributed by atoms with Gasteiger partial charge in [-0.1, -0.05) is 18.2 Å². The van der Waals surface area contributed by atoms with Gasteiger partial charge in [0, 0.05) is 0 Å². The van der Waals surface area contributed by atoms with Gasteiger partial charge >= 0.3 is 0 Å². The SMILES string of the molecule is COc1cccc(C2=CC(O)CC2)c1. The predicted octanol–water partition coefficient (Wildman–Crippen LogP) is 2.23. The molecule has 0 saturated carbocycles. The first-order valence-electron chi connectivity index (χ1n) is 4.83. The molecule has 2 heteroatoms. The minimum absolute atomic E-state index is 0.267. The van der Waals surface area contributed by atoms with Gasteiger partial charge in [-0.25, -0.2) is 0 Å². The zero-order valence-corrected chi connectivity index (χ0v) is 8.23. The van der Waals surface area contributed by atoms with Crippen LogP contribution in [0.3, 0.4) is 0 Å². The maximum absolute atomic E-state index is 9.38. The number of aliphatic hydroxyl groups excluding tert-OH is 1. The molecule has 1 aromatic rings. The molecule has 0 bridgehead atoms. The lowest BCUT2D eigenvalue weighted by Crippen LogP contribution is -1.93. The number of aliphatic hydroxyl groups is 1. The molecular formula is C12H14O2. The van der Waals surface area contributed by atoms with Crippen LogP contribution in [0.2, 0.25) is 0 Å². The van der Waals surface area contributed by atoms with Gasteiger partial charge in [0.1, 0.15) is 5.75 Å². The largest absolute Gasteiger partial charge is 0.497 e. The Hall–Kier alpha value is -1.28. The van der Waals surface area contributed by atoms with Gasteiger partial charge in [0.15, 0.2) is 0 Å². The van der Waals surface area contributed by atoms with E-state index in [4.69, 9.17) is 4.74 Å². The average molecular weight is 190 g/mol. The number of benzene rings is 1. The van der Waals surface area contributed by atoms with Crippen LogP contribution in [0.4, 0.5) is 0 Å². The molecule has 0 fully saturated rings. The van der Waals surface area contributed by atoms with E-state index in [2.05, 4.69) is 0 Å². The van der Waals surface area contributed by atoms with Gasteiger partial charge in [-0.2, -0.15) is 0 Å². The highest BCUT2D eigenvalue weighted by Gasteiger charge is 2.14. The summed E-state index contributed by atoms with van der Waals surface area (Å²) in [6, 6.07) is 7.95. The fourth-order valence-electron chi connectivity index (χ4n) is 1.77. The Morgan fingerprint density at radius 3 is 2.93 bits per heavy atom. The number of methoxy groups -OCH3 is 1. The van der Waals surface area contributed by atoms with E-state index in [9.17, 15) is 5.11 Å². The van der Waals surface area contributed by atoms with Crippen molar-refractivity contribution in [1.82, 2.24) is 0 Å². The van der Waals surface area contributed by atoms with Crippen molar-refractivity contribution in [2.45, 2.75) is 18.9 Å². The second-order valence-corrected chi connectivity index (χ2v) is 3.53. The summed E-state index contributed by atoms with van der Waals surface area (Å²) in [5, 5.41) is 9.38. The fourth-order valence-corrected chi connectivity index (χ4v) is 1.77. The first-order valence-corrected chi connectivity index (χ1v) is 4.83. The van der Waals surface area contributed by atoms with Crippen molar-refractivity contribution in [3.8, 4) is 5.75 Å². The van der Waals surface area contributed by atoms with Gasteiger partial charge in [0.05, 0.1) is 13.2 Å². The minimum atomic E-state index is -0.267. The molecule has 1 unspecified atom stereocenters. The maximum atomic E-state index is 9.38. The van der Waals surface area contributed by atoms with Crippen molar-refractivity contribution >= 4 is 5.57 Å². The monoisotopic (exact) mass is 190 g/mol. The lowest BCUT2D eigenvalue weighted by molar-refractivity contribution is 0.223. The summed E-state index contributed by atoms with van der Waals surface area (Å²) in [6.45, 7) is 0. The normalized spacial score (nSPS) is 20.7. The molecule has 0 amide bonds. The summed E-state index contributed by atoms with van der Waals surface area (Å²) in [4.78, 5) is 0. The summed E-state index contributed by atoms with van der Waals surface area (Å²) in [5.74, 6) is 0.866. The molecule has 0 aromatic heterocycles. The molecule has 2 nitrogen and oxygen atoms in total. The van der Waals surface area contributed by atoms with Crippen LogP contribution >= 0.6 is 0 Å². The molecule has 1 atom stereocenters. The lowest BCUT2D eigenvalue weighted by atomic mass is 10.1. The summed E-state index contributed by atoms with van der Waals surface area (Å²) in [7, 11) is 1.66. The van der Waals surface area contributed by atoms with Gasteiger partial charge in [-0.3, -0.25) is 0 Å². The minimum Gasteiger partial charge on any atom is -0.497 e. The third-order valence-electron chi connectivity index (χ3n) is 2.54. The van der Waals surface area contributed by atoms with E-state index in [1.54, 1.807) is 7.11 Å². The smallest absolute Gasteiger partial charge is 0.119 e. The van der Waals surface area contributed by atoms with E-state index < -0.39 is 0 Å². The first kappa shape index (κ1) is 9.28. The zero-order valence-electron chi connectivity index (χ0n) is 8.23. The van der Waals surface area contributed by atoms with Gasteiger partial charge in [0.2, 0.25) is 0 Å². The molecule has 14 heavy (non-hydrogen) atoms. The molecule has 0 radical (unpaired) electrons. The molecule has 1 aromatic carbocycles. The first-order chi connectivity index (χ1) is 6.79. The van der Waals surface area contributed by atoms with E-state index in [1.165, 1.54) is 5.57 Å². The molecule has 0 spiro atoms. The average Bonchev–Trinajstić information content (AvgIpc) is 2.65. The van der Waals surface area contributed by atoms with Crippen LogP contribution < -0.4 is 4.74 Å². The second kappa shape index (κ2) is 3.84. The van der Waals surface area contributed by atoms with Crippen molar-refractivity contribution in [2.24, 2.45) is 0 Å². The molecule has 1 aliphatic rings. The number of hydrogen-bond acceptors (Lipinski definition) is 2. The number of allylic oxidation sites excluding steroid dienone is 1. The molecule has 0 saturated heterocycles. The van der Waals surface area contributed by atoms with Gasteiger partial charge in [-0.15, -0.1) is 0 Å². The Morgan fingerprint density at radius 1 is 1.43 bits per heavy atom. The highest BCUT2D eigenvalue weighted by Crippen LogP contribution is 2.29. The summed E-state index contributed by atoms with van der Waals surface area (Å²) >= 11 is 0. The van der Waals surface area contributed by atoms with Crippen molar-refractivity contribution in [3.63, 3.8) is 0 Å². The molecule has 0 heterocycles. The quantitative estimate of drug-likeness (QED) is 0.775. The molecule has 2 rings (SSSR count). The molecule has 0 aliphatic heterocycles. The summed E-state index contributed by atoms with van der Waals surface area (Å²) in [5.41, 5.74) is 2.37. The van der Waals surface area contributed by atoms with E-state index in [-0.39, 0.29) is 6.10 Å². The van der Waals surface area contributed by atoms with Gasteiger partial charge in [-0.05, 0) is 36.1 Å². The van der Waals surface area contributed by atoms with Crippen LogP contribution in [0.25, 0.3) is 5.57 Å². The Morgan fingerprint density at radius 2 is 2.29 bits per heavy atom. The van der Waals surface area contributed by atoms with Crippen LogP contribution in [-0.2, 0) is 0 Å². The second-order valence-electron chi connectivity index (χ2n) is 3.53. The van der Waals surface area contributed by atoms with Crippen LogP contribution in [0, 0.1) is 0 Å². The number of rotatable bonds is 2. The topological polar surface area (TPSA) is 29.5 Å². The predicted molar refractivity (Wildman–Crippen MR) is 56.2 cm³/mol. The van der Waals surface area contributed by atoms with Crippen molar-refractivity contribution < 1.29 is 9.84 Å². The van der Waals surface area contributed by atoms with E-state index in [1.807, 2.05) is 30.3 Å².